The van der Waals surface area contributed by atoms with E-state index >= 15 is 0 Å². The fourth-order valence-corrected chi connectivity index (χ4v) is 1.06. The minimum Gasteiger partial charge on any atom is -0.308 e. The number of hydrogen-bond acceptors (Lipinski definition) is 5. The quantitative estimate of drug-likeness (QED) is 0.360. The van der Waals surface area contributed by atoms with Crippen molar-refractivity contribution in [1.82, 2.24) is 26.1 Å². The van der Waals surface area contributed by atoms with Crippen molar-refractivity contribution in [2.24, 2.45) is 5.84 Å². The van der Waals surface area contributed by atoms with Gasteiger partial charge >= 0.3 is 0 Å². The number of thiocarbonyl (C=S) groups is 1. The molecule has 0 spiro atoms. The normalized spacial score (nSPS) is 19.0. The Hall–Kier alpha value is -0.470. The maximum absolute atomic E-state index is 5.54. The van der Waals surface area contributed by atoms with Crippen molar-refractivity contribution >= 4 is 17.3 Å². The van der Waals surface area contributed by atoms with Crippen molar-refractivity contribution in [2.75, 3.05) is 27.2 Å². The van der Waals surface area contributed by atoms with Crippen molar-refractivity contribution in [3.63, 3.8) is 0 Å². The molecule has 0 radical (unpaired) electrons. The first-order valence-corrected chi connectivity index (χ1v) is 4.04. The van der Waals surface area contributed by atoms with E-state index < -0.39 is 0 Å². The highest BCUT2D eigenvalue weighted by Gasteiger charge is 2.21. The Balaban J connectivity index is 2.34. The number of hydrogen-bond donors (Lipinski definition) is 3. The molecule has 1 saturated heterocycles. The Kier molecular flexibility index (Phi) is 3.18. The van der Waals surface area contributed by atoms with Crippen LogP contribution in [0.2, 0.25) is 0 Å². The largest absolute Gasteiger partial charge is 0.308 e. The second-order valence-electron chi connectivity index (χ2n) is 2.81. The van der Waals surface area contributed by atoms with Gasteiger partial charge in [-0.25, -0.2) is 5.84 Å². The third-order valence-electron chi connectivity index (χ3n) is 1.53. The van der Waals surface area contributed by atoms with Gasteiger partial charge in [-0.05, 0) is 26.3 Å². The summed E-state index contributed by atoms with van der Waals surface area (Å²) in [7, 11) is 4.00. The highest BCUT2D eigenvalue weighted by atomic mass is 32.1. The van der Waals surface area contributed by atoms with Crippen molar-refractivity contribution in [1.29, 1.82) is 0 Å². The van der Waals surface area contributed by atoms with Crippen LogP contribution < -0.4 is 16.8 Å². The molecule has 1 aliphatic heterocycles. The van der Waals surface area contributed by atoms with Gasteiger partial charge in [0.2, 0.25) is 5.11 Å². The number of rotatable bonds is 3. The highest BCUT2D eigenvalue weighted by molar-refractivity contribution is 7.80. The molecule has 1 fully saturated rings. The van der Waals surface area contributed by atoms with Crippen molar-refractivity contribution in [3.8, 4) is 0 Å². The van der Waals surface area contributed by atoms with E-state index in [4.69, 9.17) is 18.1 Å². The van der Waals surface area contributed by atoms with Crippen LogP contribution in [0, 0.1) is 0 Å². The number of likely N-dealkylation sites (N-methyl/N-ethyl adjacent to an activating group) is 1. The number of nitrogens with zero attached hydrogens (tertiary/aromatic N) is 3. The molecular weight excluding hydrogens is 176 g/mol. The Labute approximate surface area is 77.2 Å². The van der Waals surface area contributed by atoms with Crippen molar-refractivity contribution in [3.05, 3.63) is 0 Å². The van der Waals surface area contributed by atoms with Gasteiger partial charge in [0.15, 0.2) is 0 Å². The molecule has 4 N–H and O–H groups in total. The van der Waals surface area contributed by atoms with Gasteiger partial charge in [-0.3, -0.25) is 10.4 Å². The van der Waals surface area contributed by atoms with Crippen LogP contribution in [0.4, 0.5) is 0 Å². The summed E-state index contributed by atoms with van der Waals surface area (Å²) in [6, 6.07) is 0. The van der Waals surface area contributed by atoms with Crippen LogP contribution in [-0.4, -0.2) is 47.4 Å². The van der Waals surface area contributed by atoms with Crippen LogP contribution >= 0.6 is 12.2 Å². The third-order valence-corrected chi connectivity index (χ3v) is 1.84. The van der Waals surface area contributed by atoms with Crippen molar-refractivity contribution in [2.45, 2.75) is 0 Å². The fourth-order valence-electron chi connectivity index (χ4n) is 0.832. The third kappa shape index (κ3) is 2.26. The number of nitrogens with two attached hydrogens (primary N) is 1. The molecule has 0 aromatic carbocycles. The minimum atomic E-state index is 0.597. The van der Waals surface area contributed by atoms with Crippen molar-refractivity contribution < 1.29 is 0 Å². The molecule has 1 aliphatic rings. The standard InChI is InChI=1S/C5H14N6S/c1-9(2)3-4-10-5(12)7-8-11(10)6/h8H,3-4,6H2,1-2H3,(H,7,12). The second-order valence-corrected chi connectivity index (χ2v) is 3.20. The Morgan fingerprint density at radius 3 is 2.67 bits per heavy atom. The molecule has 70 valence electrons. The molecule has 1 rings (SSSR count). The van der Waals surface area contributed by atoms with Crippen LogP contribution in [0.5, 0.6) is 0 Å². The lowest BCUT2D eigenvalue weighted by atomic mass is 10.6. The molecule has 6 nitrogen and oxygen atoms in total. The molecule has 0 amide bonds. The van der Waals surface area contributed by atoms with E-state index in [1.54, 1.807) is 5.01 Å². The molecule has 0 atom stereocenters. The summed E-state index contributed by atoms with van der Waals surface area (Å²) in [5.41, 5.74) is 5.40. The fraction of sp³-hybridized carbons (Fsp3) is 0.800. The summed E-state index contributed by atoms with van der Waals surface area (Å²) >= 11 is 4.98. The zero-order valence-corrected chi connectivity index (χ0v) is 8.06. The molecule has 0 saturated carbocycles. The molecule has 0 aromatic heterocycles. The van der Waals surface area contributed by atoms with Crippen LogP contribution in [0.25, 0.3) is 0 Å². The molecular formula is C5H14N6S. The lowest BCUT2D eigenvalue weighted by molar-refractivity contribution is 0.0158. The molecule has 0 aromatic rings. The first-order chi connectivity index (χ1) is 5.61. The van der Waals surface area contributed by atoms with Gasteiger partial charge in [0.1, 0.15) is 0 Å². The van der Waals surface area contributed by atoms with Crippen LogP contribution in [0.3, 0.4) is 0 Å². The lowest BCUT2D eigenvalue weighted by Crippen LogP contribution is -2.50. The van der Waals surface area contributed by atoms with E-state index in [1.807, 2.05) is 14.1 Å². The van der Waals surface area contributed by atoms with Gasteiger partial charge in [0.25, 0.3) is 0 Å². The molecule has 0 aliphatic carbocycles. The first kappa shape index (κ1) is 9.62. The summed E-state index contributed by atoms with van der Waals surface area (Å²) in [5.74, 6) is 5.54. The average Bonchev–Trinajstić information content (AvgIpc) is 2.28. The summed E-state index contributed by atoms with van der Waals surface area (Å²) in [6.07, 6.45) is 0. The zero-order valence-electron chi connectivity index (χ0n) is 7.24. The topological polar surface area (TPSA) is 59.8 Å². The molecule has 7 heteroatoms. The molecule has 12 heavy (non-hydrogen) atoms. The molecule has 0 unspecified atom stereocenters. The molecule has 1 heterocycles. The molecule has 0 bridgehead atoms. The second kappa shape index (κ2) is 3.97. The summed E-state index contributed by atoms with van der Waals surface area (Å²) < 4.78 is 0. The minimum absolute atomic E-state index is 0.597. The van der Waals surface area contributed by atoms with E-state index in [0.29, 0.717) is 5.11 Å². The Morgan fingerprint density at radius 2 is 2.25 bits per heavy atom. The average molecular weight is 190 g/mol. The highest BCUT2D eigenvalue weighted by Crippen LogP contribution is 1.95. The summed E-state index contributed by atoms with van der Waals surface area (Å²) in [5, 5.41) is 3.68. The zero-order chi connectivity index (χ0) is 9.14. The first-order valence-electron chi connectivity index (χ1n) is 3.64. The van der Waals surface area contributed by atoms with Gasteiger partial charge in [0.05, 0.1) is 6.54 Å². The van der Waals surface area contributed by atoms with Gasteiger partial charge in [0, 0.05) is 6.54 Å². The number of nitrogens with one attached hydrogen (secondary N) is 2. The van der Waals surface area contributed by atoms with E-state index in [0.717, 1.165) is 13.1 Å². The Bertz CT molecular complexity index is 171. The maximum Gasteiger partial charge on any atom is 0.201 e. The maximum atomic E-state index is 5.54. The van der Waals surface area contributed by atoms with Crippen LogP contribution in [0.15, 0.2) is 0 Å². The predicted octanol–water partition coefficient (Wildman–Crippen LogP) is -1.75. The van der Waals surface area contributed by atoms with Gasteiger partial charge in [-0.2, -0.15) is 0 Å². The smallest absolute Gasteiger partial charge is 0.201 e. The predicted molar refractivity (Wildman–Crippen MR) is 50.2 cm³/mol. The van der Waals surface area contributed by atoms with E-state index in [2.05, 4.69) is 15.9 Å². The summed E-state index contributed by atoms with van der Waals surface area (Å²) in [4.78, 5) is 2.06. The van der Waals surface area contributed by atoms with E-state index in [9.17, 15) is 0 Å². The SMILES string of the molecule is CN(C)CCN1C(=S)NNN1N. The lowest BCUT2D eigenvalue weighted by Gasteiger charge is -2.23. The van der Waals surface area contributed by atoms with Gasteiger partial charge < -0.3 is 4.90 Å². The van der Waals surface area contributed by atoms with Gasteiger partial charge in [-0.15, -0.1) is 5.53 Å². The van der Waals surface area contributed by atoms with E-state index in [-0.39, 0.29) is 0 Å². The Morgan fingerprint density at radius 1 is 1.58 bits per heavy atom. The summed E-state index contributed by atoms with van der Waals surface area (Å²) in [6.45, 7) is 1.67. The van der Waals surface area contributed by atoms with Crippen LogP contribution in [-0.2, 0) is 0 Å². The van der Waals surface area contributed by atoms with Crippen LogP contribution in [0.1, 0.15) is 0 Å². The monoisotopic (exact) mass is 190 g/mol. The number of hydrazine groups is 4. The van der Waals surface area contributed by atoms with E-state index in [1.165, 1.54) is 5.23 Å². The van der Waals surface area contributed by atoms with Gasteiger partial charge in [-0.1, -0.05) is 5.23 Å².